The van der Waals surface area contributed by atoms with Gasteiger partial charge >= 0.3 is 0 Å². The molecule has 0 aromatic heterocycles. The Morgan fingerprint density at radius 3 is 2.40 bits per heavy atom. The molecule has 4 heteroatoms. The number of hydrogen-bond donors (Lipinski definition) is 0. The van der Waals surface area contributed by atoms with Crippen molar-refractivity contribution in [2.24, 2.45) is 0 Å². The van der Waals surface area contributed by atoms with Crippen molar-refractivity contribution in [3.8, 4) is 0 Å². The molecule has 1 unspecified atom stereocenters. The molecule has 0 fully saturated rings. The molecule has 0 saturated carbocycles. The number of carbonyl (C=O) groups excluding carboxylic acids is 1. The van der Waals surface area contributed by atoms with Gasteiger partial charge in [-0.1, -0.05) is 18.2 Å². The summed E-state index contributed by atoms with van der Waals surface area (Å²) < 4.78 is 24.7. The number of hydrogen-bond acceptors (Lipinski definition) is 1. The molecular formula is C11H11ClF2O. The zero-order valence-electron chi connectivity index (χ0n) is 8.43. The molecule has 1 aromatic carbocycles. The number of carbonyl (C=O) groups is 1. The van der Waals surface area contributed by atoms with Gasteiger partial charge in [-0.05, 0) is 25.0 Å². The van der Waals surface area contributed by atoms with E-state index in [1.165, 1.54) is 25.1 Å². The first-order chi connectivity index (χ1) is 6.93. The van der Waals surface area contributed by atoms with Crippen LogP contribution in [0.1, 0.15) is 35.4 Å². The largest absolute Gasteiger partial charge is 0.298 e. The van der Waals surface area contributed by atoms with E-state index in [0.29, 0.717) is 11.1 Å². The number of rotatable bonds is 3. The van der Waals surface area contributed by atoms with E-state index >= 15 is 0 Å². The molecule has 0 saturated heterocycles. The van der Waals surface area contributed by atoms with Gasteiger partial charge in [-0.15, -0.1) is 11.6 Å². The second-order valence-corrected chi connectivity index (χ2v) is 3.83. The monoisotopic (exact) mass is 232 g/mol. The topological polar surface area (TPSA) is 17.1 Å². The standard InChI is InChI=1S/C11H11ClF2O/c1-6-5-8(11(13)14)3-4-9(6)10(12)7(2)15/h3-5,10-11H,1-2H3. The minimum absolute atomic E-state index is 0.0522. The van der Waals surface area contributed by atoms with E-state index in [2.05, 4.69) is 0 Å². The normalized spacial score (nSPS) is 12.9. The quantitative estimate of drug-likeness (QED) is 0.725. The Hall–Kier alpha value is -0.960. The summed E-state index contributed by atoms with van der Waals surface area (Å²) in [5.74, 6) is -0.190. The van der Waals surface area contributed by atoms with Crippen LogP contribution in [-0.4, -0.2) is 5.78 Å². The van der Waals surface area contributed by atoms with Gasteiger partial charge in [0.2, 0.25) is 0 Å². The molecule has 0 spiro atoms. The SMILES string of the molecule is CC(=O)C(Cl)c1ccc(C(F)F)cc1C. The molecule has 82 valence electrons. The lowest BCUT2D eigenvalue weighted by atomic mass is 10.0. The first-order valence-corrected chi connectivity index (χ1v) is 4.90. The number of benzene rings is 1. The van der Waals surface area contributed by atoms with Crippen molar-refractivity contribution in [1.29, 1.82) is 0 Å². The van der Waals surface area contributed by atoms with E-state index in [-0.39, 0.29) is 11.3 Å². The minimum Gasteiger partial charge on any atom is -0.298 e. The van der Waals surface area contributed by atoms with Gasteiger partial charge in [-0.3, -0.25) is 4.79 Å². The summed E-state index contributed by atoms with van der Waals surface area (Å²) in [6.45, 7) is 3.04. The predicted octanol–water partition coefficient (Wildman–Crippen LogP) is 3.80. The van der Waals surface area contributed by atoms with Crippen LogP contribution in [-0.2, 0) is 4.79 Å². The fourth-order valence-corrected chi connectivity index (χ4v) is 1.58. The maximum atomic E-state index is 12.3. The van der Waals surface area contributed by atoms with Gasteiger partial charge in [0.1, 0.15) is 5.38 Å². The fraction of sp³-hybridized carbons (Fsp3) is 0.364. The van der Waals surface area contributed by atoms with Crippen molar-refractivity contribution in [3.63, 3.8) is 0 Å². The maximum Gasteiger partial charge on any atom is 0.263 e. The summed E-state index contributed by atoms with van der Waals surface area (Å²) in [6.07, 6.45) is -2.50. The average molecular weight is 233 g/mol. The van der Waals surface area contributed by atoms with Gasteiger partial charge in [0.05, 0.1) is 0 Å². The molecule has 0 bridgehead atoms. The highest BCUT2D eigenvalue weighted by molar-refractivity contribution is 6.30. The lowest BCUT2D eigenvalue weighted by Crippen LogP contribution is -2.04. The first-order valence-electron chi connectivity index (χ1n) is 4.46. The molecule has 0 aliphatic heterocycles. The Morgan fingerprint density at radius 1 is 1.40 bits per heavy atom. The Kier molecular flexibility index (Phi) is 3.80. The third-order valence-corrected chi connectivity index (χ3v) is 2.72. The minimum atomic E-state index is -2.50. The van der Waals surface area contributed by atoms with Crippen LogP contribution < -0.4 is 0 Å². The molecule has 0 aliphatic carbocycles. The summed E-state index contributed by atoms with van der Waals surface area (Å²) >= 11 is 5.84. The van der Waals surface area contributed by atoms with E-state index < -0.39 is 11.8 Å². The fourth-order valence-electron chi connectivity index (χ4n) is 1.34. The van der Waals surface area contributed by atoms with Crippen LogP contribution in [0.2, 0.25) is 0 Å². The first kappa shape index (κ1) is 12.1. The summed E-state index contributed by atoms with van der Waals surface area (Å²) in [5.41, 5.74) is 1.15. The van der Waals surface area contributed by atoms with Crippen LogP contribution in [0.3, 0.4) is 0 Å². The Balaban J connectivity index is 3.08. The van der Waals surface area contributed by atoms with E-state index in [1.807, 2.05) is 0 Å². The van der Waals surface area contributed by atoms with Crippen LogP contribution in [0.4, 0.5) is 8.78 Å². The van der Waals surface area contributed by atoms with Crippen molar-refractivity contribution in [2.45, 2.75) is 25.7 Å². The van der Waals surface area contributed by atoms with Crippen LogP contribution in [0.15, 0.2) is 18.2 Å². The zero-order valence-corrected chi connectivity index (χ0v) is 9.18. The molecule has 0 amide bonds. The van der Waals surface area contributed by atoms with E-state index in [1.54, 1.807) is 6.92 Å². The molecule has 0 heterocycles. The van der Waals surface area contributed by atoms with Crippen molar-refractivity contribution < 1.29 is 13.6 Å². The van der Waals surface area contributed by atoms with Crippen LogP contribution in [0.25, 0.3) is 0 Å². The second kappa shape index (κ2) is 4.71. The summed E-state index contributed by atoms with van der Waals surface area (Å²) in [4.78, 5) is 11.0. The van der Waals surface area contributed by atoms with Crippen LogP contribution in [0, 0.1) is 6.92 Å². The van der Waals surface area contributed by atoms with Gasteiger partial charge in [-0.25, -0.2) is 8.78 Å². The van der Waals surface area contributed by atoms with Gasteiger partial charge in [-0.2, -0.15) is 0 Å². The second-order valence-electron chi connectivity index (χ2n) is 3.39. The van der Waals surface area contributed by atoms with Crippen molar-refractivity contribution >= 4 is 17.4 Å². The summed E-state index contributed by atoms with van der Waals surface area (Å²) in [6, 6.07) is 4.14. The highest BCUT2D eigenvalue weighted by Crippen LogP contribution is 2.28. The summed E-state index contributed by atoms with van der Waals surface area (Å²) in [7, 11) is 0. The Labute approximate surface area is 92.1 Å². The van der Waals surface area contributed by atoms with Crippen molar-refractivity contribution in [1.82, 2.24) is 0 Å². The number of aryl methyl sites for hydroxylation is 1. The average Bonchev–Trinajstić information content (AvgIpc) is 2.16. The lowest BCUT2D eigenvalue weighted by molar-refractivity contribution is -0.116. The molecule has 1 nitrogen and oxygen atoms in total. The van der Waals surface area contributed by atoms with Crippen molar-refractivity contribution in [2.75, 3.05) is 0 Å². The lowest BCUT2D eigenvalue weighted by Gasteiger charge is -2.11. The molecule has 1 atom stereocenters. The maximum absolute atomic E-state index is 12.3. The number of Topliss-reactive ketones (excluding diaryl/α,β-unsaturated/α-hetero) is 1. The Morgan fingerprint density at radius 2 is 2.00 bits per heavy atom. The predicted molar refractivity (Wildman–Crippen MR) is 55.4 cm³/mol. The smallest absolute Gasteiger partial charge is 0.263 e. The molecule has 1 aromatic rings. The number of alkyl halides is 3. The van der Waals surface area contributed by atoms with Crippen molar-refractivity contribution in [3.05, 3.63) is 34.9 Å². The Bertz CT molecular complexity index is 377. The molecule has 0 aliphatic rings. The van der Waals surface area contributed by atoms with E-state index in [4.69, 9.17) is 11.6 Å². The van der Waals surface area contributed by atoms with Gasteiger partial charge < -0.3 is 0 Å². The van der Waals surface area contributed by atoms with E-state index in [0.717, 1.165) is 0 Å². The molecule has 1 rings (SSSR count). The van der Waals surface area contributed by atoms with Gasteiger partial charge in [0.15, 0.2) is 5.78 Å². The van der Waals surface area contributed by atoms with E-state index in [9.17, 15) is 13.6 Å². The van der Waals surface area contributed by atoms with Gasteiger partial charge in [0, 0.05) is 5.56 Å². The molecular weight excluding hydrogens is 222 g/mol. The molecule has 15 heavy (non-hydrogen) atoms. The zero-order chi connectivity index (χ0) is 11.6. The molecule has 0 N–H and O–H groups in total. The highest BCUT2D eigenvalue weighted by Gasteiger charge is 2.17. The van der Waals surface area contributed by atoms with Crippen LogP contribution in [0.5, 0.6) is 0 Å². The summed E-state index contributed by atoms with van der Waals surface area (Å²) in [5, 5.41) is -0.753. The molecule has 0 radical (unpaired) electrons. The number of ketones is 1. The highest BCUT2D eigenvalue weighted by atomic mass is 35.5. The third kappa shape index (κ3) is 2.75. The third-order valence-electron chi connectivity index (χ3n) is 2.18. The number of halogens is 3. The van der Waals surface area contributed by atoms with Gasteiger partial charge in [0.25, 0.3) is 6.43 Å². The van der Waals surface area contributed by atoms with Crippen LogP contribution >= 0.6 is 11.6 Å².